The Morgan fingerprint density at radius 3 is 1.96 bits per heavy atom. The molecule has 2 aliphatic rings. The van der Waals surface area contributed by atoms with E-state index in [4.69, 9.17) is 16.6 Å². The lowest BCUT2D eigenvalue weighted by atomic mass is 9.95. The van der Waals surface area contributed by atoms with Crippen LogP contribution >= 0.6 is 0 Å². The van der Waals surface area contributed by atoms with E-state index in [2.05, 4.69) is 20.6 Å². The van der Waals surface area contributed by atoms with Gasteiger partial charge in [0.15, 0.2) is 6.23 Å². The lowest BCUT2D eigenvalue weighted by Gasteiger charge is -2.14. The summed E-state index contributed by atoms with van der Waals surface area (Å²) in [5.74, 6) is -0.369. The molecule has 0 fully saturated rings. The molecular formula is C35H36N6O5. The summed E-state index contributed by atoms with van der Waals surface area (Å²) in [5, 5.41) is 35.3. The van der Waals surface area contributed by atoms with E-state index in [0.29, 0.717) is 33.8 Å². The van der Waals surface area contributed by atoms with Gasteiger partial charge in [-0.1, -0.05) is 43.8 Å². The summed E-state index contributed by atoms with van der Waals surface area (Å²) >= 11 is 0. The third-order valence-corrected chi connectivity index (χ3v) is 7.82. The molecule has 8 rings (SSSR count). The molecule has 2 atom stereocenters. The number of benzene rings is 4. The van der Waals surface area contributed by atoms with Crippen LogP contribution in [0.3, 0.4) is 0 Å². The monoisotopic (exact) mass is 620 g/mol. The molecular weight excluding hydrogens is 584 g/mol. The van der Waals surface area contributed by atoms with Crippen molar-refractivity contribution in [3.05, 3.63) is 130 Å². The molecule has 46 heavy (non-hydrogen) atoms. The van der Waals surface area contributed by atoms with E-state index < -0.39 is 6.23 Å². The van der Waals surface area contributed by atoms with Crippen molar-refractivity contribution in [2.24, 2.45) is 0 Å². The fraction of sp³-hybridized carbons (Fsp3) is 0.143. The van der Waals surface area contributed by atoms with Crippen LogP contribution in [0.5, 0.6) is 0 Å². The van der Waals surface area contributed by atoms with E-state index in [9.17, 15) is 19.8 Å². The molecule has 0 radical (unpaired) electrons. The van der Waals surface area contributed by atoms with Crippen molar-refractivity contribution >= 4 is 45.0 Å². The average Bonchev–Trinajstić information content (AvgIpc) is 3.79. The molecule has 4 aromatic carbocycles. The second-order valence-corrected chi connectivity index (χ2v) is 10.7. The van der Waals surface area contributed by atoms with Gasteiger partial charge in [-0.15, -0.1) is 0 Å². The number of para-hydroxylation sites is 2. The summed E-state index contributed by atoms with van der Waals surface area (Å²) in [4.78, 5) is 29.6. The third kappa shape index (κ3) is 6.02. The lowest BCUT2D eigenvalue weighted by Crippen LogP contribution is -2.20. The fourth-order valence-electron chi connectivity index (χ4n) is 5.73. The number of rotatable bonds is 3. The fourth-order valence-corrected chi connectivity index (χ4v) is 5.73. The Labute approximate surface area is 264 Å². The van der Waals surface area contributed by atoms with Crippen LogP contribution in [0.2, 0.25) is 0 Å². The number of anilines is 2. The molecule has 2 aliphatic heterocycles. The van der Waals surface area contributed by atoms with Gasteiger partial charge in [0.2, 0.25) is 0 Å². The number of aromatic amines is 2. The van der Waals surface area contributed by atoms with E-state index in [-0.39, 0.29) is 38.5 Å². The highest BCUT2D eigenvalue weighted by molar-refractivity contribution is 6.01. The van der Waals surface area contributed by atoms with Crippen LogP contribution in [0.4, 0.5) is 11.4 Å². The van der Waals surface area contributed by atoms with Gasteiger partial charge in [-0.25, -0.2) is 0 Å². The summed E-state index contributed by atoms with van der Waals surface area (Å²) < 4.78 is 0. The Kier molecular flexibility index (Phi) is 9.10. The van der Waals surface area contributed by atoms with Crippen molar-refractivity contribution in [2.45, 2.75) is 32.9 Å². The van der Waals surface area contributed by atoms with Crippen LogP contribution in [0.15, 0.2) is 91.0 Å². The molecule has 0 spiro atoms. The molecule has 2 unspecified atom stereocenters. The number of hydrogen-bond acceptors (Lipinski definition) is 7. The van der Waals surface area contributed by atoms with Gasteiger partial charge in [-0.05, 0) is 65.5 Å². The van der Waals surface area contributed by atoms with Crippen LogP contribution in [0, 0.1) is 0 Å². The number of aromatic nitrogens is 2. The lowest BCUT2D eigenvalue weighted by molar-refractivity contribution is 0.0850. The Balaban J connectivity index is 0.000000147. The van der Waals surface area contributed by atoms with Gasteiger partial charge >= 0.3 is 0 Å². The molecule has 2 amide bonds. The number of nitrogens with one attached hydrogen (secondary N) is 4. The van der Waals surface area contributed by atoms with Crippen LogP contribution in [0.25, 0.3) is 21.8 Å². The molecule has 11 nitrogen and oxygen atoms in total. The Morgan fingerprint density at radius 2 is 1.28 bits per heavy atom. The number of hydrogen-bond donors (Lipinski definition) is 9. The number of H-pyrrole nitrogens is 2. The van der Waals surface area contributed by atoms with E-state index in [0.717, 1.165) is 38.6 Å². The molecule has 11 heteroatoms. The summed E-state index contributed by atoms with van der Waals surface area (Å²) in [5.41, 5.74) is 19.6. The minimum Gasteiger partial charge on any atom is -0.399 e. The molecule has 6 aromatic rings. The van der Waals surface area contributed by atoms with E-state index in [1.54, 1.807) is 30.3 Å². The van der Waals surface area contributed by atoms with Crippen molar-refractivity contribution < 1.29 is 24.9 Å². The van der Waals surface area contributed by atoms with Gasteiger partial charge in [0.05, 0.1) is 19.3 Å². The molecule has 4 heterocycles. The first kappa shape index (κ1) is 31.8. The third-order valence-electron chi connectivity index (χ3n) is 7.82. The standard InChI is InChI=1S/C17H15N3O2.C9H9NO.C8H8N2O2.CH4/c18-9-5-6-10-12(7-9)16(20-17(10)22)15-11-3-1-2-4-13(11)19-14(15)8-21;11-6-8-5-7-3-1-2-4-9(7)10-8;9-4-1-2-5-6(3-4)8(12)10-7(5)11;/h1-7,16,19,21H,8,18H2,(H,20,22);1-5,10-11H,6H2;1-3,8,12H,9H2,(H,10,11);1H4. The molecule has 0 bridgehead atoms. The zero-order chi connectivity index (χ0) is 31.7. The number of aliphatic hydroxyl groups excluding tert-OH is 3. The number of aliphatic hydroxyl groups is 3. The molecule has 0 aliphatic carbocycles. The zero-order valence-electron chi connectivity index (χ0n) is 24.0. The van der Waals surface area contributed by atoms with Crippen molar-refractivity contribution in [2.75, 3.05) is 11.5 Å². The quantitative estimate of drug-likeness (QED) is 0.131. The van der Waals surface area contributed by atoms with Crippen LogP contribution in [0.1, 0.15) is 68.5 Å². The number of nitrogens with two attached hydrogens (primary N) is 2. The summed E-state index contributed by atoms with van der Waals surface area (Å²) in [6.07, 6.45) is -0.906. The maximum absolute atomic E-state index is 12.2. The molecule has 11 N–H and O–H groups in total. The smallest absolute Gasteiger partial charge is 0.253 e. The minimum atomic E-state index is -0.906. The Hall–Kier alpha value is -5.62. The summed E-state index contributed by atoms with van der Waals surface area (Å²) in [6.45, 7) is -0.0390. The van der Waals surface area contributed by atoms with E-state index in [1.807, 2.05) is 60.7 Å². The predicted molar refractivity (Wildman–Crippen MR) is 179 cm³/mol. The van der Waals surface area contributed by atoms with Gasteiger partial charge < -0.3 is 47.4 Å². The SMILES string of the molecule is C.Nc1ccc2c(c1)C(O)NC2=O.Nc1ccc2c(c1)C(c1c(CO)[nH]c3ccccc13)NC2=O.OCc1cc2ccccc2[nH]1. The van der Waals surface area contributed by atoms with Gasteiger partial charge in [-0.3, -0.25) is 9.59 Å². The largest absolute Gasteiger partial charge is 0.399 e. The summed E-state index contributed by atoms with van der Waals surface area (Å²) in [6, 6.07) is 27.6. The van der Waals surface area contributed by atoms with Crippen molar-refractivity contribution in [3.63, 3.8) is 0 Å². The van der Waals surface area contributed by atoms with Gasteiger partial charge in [-0.2, -0.15) is 0 Å². The number of carbonyl (C=O) groups excluding carboxylic acids is 2. The highest BCUT2D eigenvalue weighted by atomic mass is 16.3. The van der Waals surface area contributed by atoms with E-state index >= 15 is 0 Å². The Bertz CT molecular complexity index is 2020. The second kappa shape index (κ2) is 13.2. The summed E-state index contributed by atoms with van der Waals surface area (Å²) in [7, 11) is 0. The van der Waals surface area contributed by atoms with Crippen LogP contribution < -0.4 is 22.1 Å². The highest BCUT2D eigenvalue weighted by Gasteiger charge is 2.33. The first-order chi connectivity index (χ1) is 21.8. The normalized spacial score (nSPS) is 15.9. The molecule has 2 aromatic heterocycles. The second-order valence-electron chi connectivity index (χ2n) is 10.7. The molecule has 236 valence electrons. The minimum absolute atomic E-state index is 0. The van der Waals surface area contributed by atoms with Gasteiger partial charge in [0.25, 0.3) is 11.8 Å². The number of amides is 2. The first-order valence-electron chi connectivity index (χ1n) is 14.2. The maximum atomic E-state index is 12.2. The van der Waals surface area contributed by atoms with Gasteiger partial charge in [0, 0.05) is 61.4 Å². The van der Waals surface area contributed by atoms with Crippen molar-refractivity contribution in [3.8, 4) is 0 Å². The van der Waals surface area contributed by atoms with Crippen molar-refractivity contribution in [1.29, 1.82) is 0 Å². The topological polar surface area (TPSA) is 203 Å². The Morgan fingerprint density at radius 1 is 0.674 bits per heavy atom. The van der Waals surface area contributed by atoms with Crippen molar-refractivity contribution in [1.82, 2.24) is 20.6 Å². The predicted octanol–water partition coefficient (Wildman–Crippen LogP) is 4.37. The maximum Gasteiger partial charge on any atom is 0.253 e. The zero-order valence-corrected chi connectivity index (χ0v) is 24.0. The molecule has 0 saturated heterocycles. The highest BCUT2D eigenvalue weighted by Crippen LogP contribution is 2.38. The average molecular weight is 621 g/mol. The van der Waals surface area contributed by atoms with Gasteiger partial charge in [0.1, 0.15) is 0 Å². The number of nitrogen functional groups attached to an aromatic ring is 2. The molecule has 0 saturated carbocycles. The van der Waals surface area contributed by atoms with E-state index in [1.165, 1.54) is 0 Å². The number of fused-ring (bicyclic) bond motifs is 4. The van der Waals surface area contributed by atoms with Crippen LogP contribution in [-0.4, -0.2) is 37.1 Å². The first-order valence-corrected chi connectivity index (χ1v) is 14.2. The number of carbonyl (C=O) groups is 2. The van der Waals surface area contributed by atoms with Crippen LogP contribution in [-0.2, 0) is 13.2 Å².